The zero-order valence-electron chi connectivity index (χ0n) is 20.1. The van der Waals surface area contributed by atoms with Gasteiger partial charge in [0.2, 0.25) is 11.8 Å². The summed E-state index contributed by atoms with van der Waals surface area (Å²) in [4.78, 5) is 38.5. The molecule has 0 aliphatic carbocycles. The SMILES string of the molecule is CC(C)C[C@H](NC(=S)[C@H](Cc1ccccc1)NC(=O)C1CCCN1C(=O)[C@@H](N)CC(=O)O)B(O)O. The topological polar surface area (TPSA) is 165 Å². The number of nitrogens with one attached hydrogen (secondary N) is 2. The van der Waals surface area contributed by atoms with E-state index in [1.165, 1.54) is 4.90 Å². The number of nitrogens with zero attached hydrogens (tertiary/aromatic N) is 1. The second-order valence-corrected chi connectivity index (χ2v) is 9.74. The minimum atomic E-state index is -1.64. The molecule has 1 saturated heterocycles. The van der Waals surface area contributed by atoms with E-state index in [4.69, 9.17) is 23.1 Å². The number of carbonyl (C=O) groups excluding carboxylic acids is 2. The molecule has 7 N–H and O–H groups in total. The van der Waals surface area contributed by atoms with Crippen molar-refractivity contribution in [3.05, 3.63) is 35.9 Å². The summed E-state index contributed by atoms with van der Waals surface area (Å²) in [5, 5.41) is 34.4. The molecule has 2 amide bonds. The molecule has 0 spiro atoms. The van der Waals surface area contributed by atoms with Crippen LogP contribution >= 0.6 is 12.2 Å². The van der Waals surface area contributed by atoms with Crippen molar-refractivity contribution in [2.75, 3.05) is 6.54 Å². The predicted molar refractivity (Wildman–Crippen MR) is 136 cm³/mol. The van der Waals surface area contributed by atoms with Crippen molar-refractivity contribution in [2.24, 2.45) is 11.7 Å². The van der Waals surface area contributed by atoms with Gasteiger partial charge in [-0.05, 0) is 37.2 Å². The highest BCUT2D eigenvalue weighted by Crippen LogP contribution is 2.19. The van der Waals surface area contributed by atoms with Crippen LogP contribution < -0.4 is 16.4 Å². The van der Waals surface area contributed by atoms with Gasteiger partial charge in [-0.15, -0.1) is 0 Å². The summed E-state index contributed by atoms with van der Waals surface area (Å²) >= 11 is 5.57. The number of thiocarbonyl (C=S) groups is 1. The third-order valence-corrected chi connectivity index (χ3v) is 6.28. The van der Waals surface area contributed by atoms with Crippen molar-refractivity contribution >= 4 is 42.1 Å². The van der Waals surface area contributed by atoms with Crippen LogP contribution in [0.25, 0.3) is 0 Å². The average molecular weight is 506 g/mol. The molecule has 1 heterocycles. The lowest BCUT2D eigenvalue weighted by Crippen LogP contribution is -2.57. The van der Waals surface area contributed by atoms with E-state index < -0.39 is 55.4 Å². The number of benzene rings is 1. The number of carboxylic acids is 1. The molecule has 0 bridgehead atoms. The lowest BCUT2D eigenvalue weighted by molar-refractivity contribution is -0.143. The molecule has 12 heteroatoms. The molecule has 1 fully saturated rings. The number of hydrogen-bond acceptors (Lipinski definition) is 7. The van der Waals surface area contributed by atoms with E-state index in [1.54, 1.807) is 0 Å². The monoisotopic (exact) mass is 506 g/mol. The van der Waals surface area contributed by atoms with E-state index >= 15 is 0 Å². The number of hydrogen-bond donors (Lipinski definition) is 6. The second kappa shape index (κ2) is 13.5. The number of nitrogens with two attached hydrogens (primary N) is 1. The molecule has 1 aliphatic rings. The number of aliphatic carboxylic acids is 1. The minimum Gasteiger partial charge on any atom is -0.481 e. The highest BCUT2D eigenvalue weighted by molar-refractivity contribution is 7.80. The van der Waals surface area contributed by atoms with Gasteiger partial charge in [-0.2, -0.15) is 0 Å². The van der Waals surface area contributed by atoms with E-state index in [0.717, 1.165) is 5.56 Å². The number of amides is 2. The van der Waals surface area contributed by atoms with Gasteiger partial charge in [-0.1, -0.05) is 56.4 Å². The van der Waals surface area contributed by atoms with Crippen molar-refractivity contribution in [1.82, 2.24) is 15.5 Å². The van der Waals surface area contributed by atoms with Crippen molar-refractivity contribution in [3.63, 3.8) is 0 Å². The van der Waals surface area contributed by atoms with Gasteiger partial charge in [0.15, 0.2) is 0 Å². The summed E-state index contributed by atoms with van der Waals surface area (Å²) in [5.74, 6) is -2.73. The quantitative estimate of drug-likeness (QED) is 0.167. The van der Waals surface area contributed by atoms with Gasteiger partial charge in [0.05, 0.1) is 29.4 Å². The molecule has 0 radical (unpaired) electrons. The van der Waals surface area contributed by atoms with E-state index in [9.17, 15) is 24.4 Å². The summed E-state index contributed by atoms with van der Waals surface area (Å²) in [7, 11) is -1.64. The van der Waals surface area contributed by atoms with Crippen molar-refractivity contribution in [3.8, 4) is 0 Å². The first-order chi connectivity index (χ1) is 16.5. The summed E-state index contributed by atoms with van der Waals surface area (Å²) < 4.78 is 0. The fourth-order valence-electron chi connectivity index (χ4n) is 4.16. The third-order valence-electron chi connectivity index (χ3n) is 5.88. The first kappa shape index (κ1) is 28.7. The molecule has 2 rings (SSSR count). The third kappa shape index (κ3) is 8.88. The van der Waals surface area contributed by atoms with Gasteiger partial charge < -0.3 is 36.4 Å². The summed E-state index contributed by atoms with van der Waals surface area (Å²) in [5.41, 5.74) is 6.66. The fourth-order valence-corrected chi connectivity index (χ4v) is 4.46. The molecule has 1 unspecified atom stereocenters. The van der Waals surface area contributed by atoms with Gasteiger partial charge in [0, 0.05) is 6.54 Å². The molecule has 0 saturated carbocycles. The Morgan fingerprint density at radius 1 is 1.20 bits per heavy atom. The van der Waals surface area contributed by atoms with Gasteiger partial charge >= 0.3 is 13.1 Å². The second-order valence-electron chi connectivity index (χ2n) is 9.30. The van der Waals surface area contributed by atoms with Crippen LogP contribution in [0.5, 0.6) is 0 Å². The van der Waals surface area contributed by atoms with Crippen molar-refractivity contribution in [2.45, 2.75) is 70.0 Å². The van der Waals surface area contributed by atoms with Crippen LogP contribution in [-0.4, -0.2) is 80.6 Å². The smallest absolute Gasteiger partial charge is 0.475 e. The van der Waals surface area contributed by atoms with Crippen molar-refractivity contribution < 1.29 is 29.5 Å². The lowest BCUT2D eigenvalue weighted by atomic mass is 9.75. The first-order valence-electron chi connectivity index (χ1n) is 11.8. The van der Waals surface area contributed by atoms with Crippen molar-refractivity contribution in [1.29, 1.82) is 0 Å². The number of carboxylic acid groups (broad SMARTS) is 1. The maximum atomic E-state index is 13.3. The normalized spacial score (nSPS) is 18.0. The molecule has 192 valence electrons. The molecule has 1 aromatic rings. The Balaban J connectivity index is 2.18. The molecule has 4 atom stereocenters. The Labute approximate surface area is 211 Å². The van der Waals surface area contributed by atoms with Gasteiger partial charge in [-0.25, -0.2) is 0 Å². The van der Waals surface area contributed by atoms with Gasteiger partial charge in [-0.3, -0.25) is 14.4 Å². The fraction of sp³-hybridized carbons (Fsp3) is 0.565. The minimum absolute atomic E-state index is 0.173. The van der Waals surface area contributed by atoms with Crippen LogP contribution in [0, 0.1) is 5.92 Å². The van der Waals surface area contributed by atoms with E-state index in [0.29, 0.717) is 32.2 Å². The maximum absolute atomic E-state index is 13.3. The highest BCUT2D eigenvalue weighted by Gasteiger charge is 2.38. The van der Waals surface area contributed by atoms with Crippen LogP contribution in [-0.2, 0) is 20.8 Å². The molecular formula is C23H35BN4O6S. The lowest BCUT2D eigenvalue weighted by Gasteiger charge is -2.30. The molecular weight excluding hydrogens is 471 g/mol. The predicted octanol–water partition coefficient (Wildman–Crippen LogP) is -0.149. The average Bonchev–Trinajstić information content (AvgIpc) is 3.27. The van der Waals surface area contributed by atoms with E-state index in [1.807, 2.05) is 44.2 Å². The summed E-state index contributed by atoms with van der Waals surface area (Å²) in [6.07, 6.45) is 1.29. The Bertz CT molecular complexity index is 888. The standard InChI is InChI=1S/C23H35BN4O6S/c1-14(2)11-19(24(33)34)27-22(35)17(12-15-7-4-3-5-8-15)26-21(31)18-9-6-10-28(18)23(32)16(25)13-20(29)30/h3-5,7-8,14,16-19,33-34H,6,9-13,25H2,1-2H3,(H,26,31)(H,27,35)(H,29,30)/t16-,17-,18?,19-/m0/s1. The Hall–Kier alpha value is -2.54. The zero-order chi connectivity index (χ0) is 26.1. The van der Waals surface area contributed by atoms with Crippen LogP contribution in [0.2, 0.25) is 0 Å². The summed E-state index contributed by atoms with van der Waals surface area (Å²) in [6.45, 7) is 4.21. The van der Waals surface area contributed by atoms with Gasteiger partial charge in [0.25, 0.3) is 0 Å². The number of carbonyl (C=O) groups is 3. The van der Waals surface area contributed by atoms with E-state index in [-0.39, 0.29) is 10.9 Å². The van der Waals surface area contributed by atoms with Crippen LogP contribution in [0.4, 0.5) is 0 Å². The summed E-state index contributed by atoms with van der Waals surface area (Å²) in [6, 6.07) is 6.70. The van der Waals surface area contributed by atoms with E-state index in [2.05, 4.69) is 10.6 Å². The Morgan fingerprint density at radius 3 is 2.43 bits per heavy atom. The van der Waals surface area contributed by atoms with Gasteiger partial charge in [0.1, 0.15) is 6.04 Å². The largest absolute Gasteiger partial charge is 0.481 e. The maximum Gasteiger partial charge on any atom is 0.475 e. The molecule has 35 heavy (non-hydrogen) atoms. The number of rotatable bonds is 12. The molecule has 0 aromatic heterocycles. The molecule has 1 aromatic carbocycles. The molecule has 1 aliphatic heterocycles. The first-order valence-corrected chi connectivity index (χ1v) is 12.2. The highest BCUT2D eigenvalue weighted by atomic mass is 32.1. The molecule has 10 nitrogen and oxygen atoms in total. The zero-order valence-corrected chi connectivity index (χ0v) is 20.9. The Kier molecular flexibility index (Phi) is 11.1. The number of likely N-dealkylation sites (tertiary alicyclic amines) is 1. The Morgan fingerprint density at radius 2 is 1.86 bits per heavy atom. The van der Waals surface area contributed by atoms with Crippen LogP contribution in [0.3, 0.4) is 0 Å². The van der Waals surface area contributed by atoms with Crippen LogP contribution in [0.1, 0.15) is 45.1 Å². The van der Waals surface area contributed by atoms with Crippen LogP contribution in [0.15, 0.2) is 30.3 Å².